The van der Waals surface area contributed by atoms with Crippen molar-refractivity contribution in [2.75, 3.05) is 6.54 Å². The van der Waals surface area contributed by atoms with Crippen LogP contribution in [0.5, 0.6) is 0 Å². The number of rotatable bonds is 0. The molecule has 82 valence electrons. The van der Waals surface area contributed by atoms with Gasteiger partial charge >= 0.3 is 0 Å². The van der Waals surface area contributed by atoms with Crippen LogP contribution >= 0.6 is 0 Å². The summed E-state index contributed by atoms with van der Waals surface area (Å²) in [5.74, 6) is -0.0526. The van der Waals surface area contributed by atoms with Crippen LogP contribution in [0.1, 0.15) is 37.5 Å². The summed E-state index contributed by atoms with van der Waals surface area (Å²) < 4.78 is 13.9. The molecule has 15 heavy (non-hydrogen) atoms. The minimum absolute atomic E-state index is 0.0526. The molecule has 2 heteroatoms. The molecular weight excluding hydrogens is 189 g/mol. The van der Waals surface area contributed by atoms with Gasteiger partial charge in [0, 0.05) is 6.54 Å². The average Bonchev–Trinajstić information content (AvgIpc) is 2.15. The second kappa shape index (κ2) is 3.60. The summed E-state index contributed by atoms with van der Waals surface area (Å²) in [6.07, 6.45) is 0.944. The average molecular weight is 207 g/mol. The lowest BCUT2D eigenvalue weighted by atomic mass is 9.80. The Kier molecular flexibility index (Phi) is 2.55. The van der Waals surface area contributed by atoms with E-state index in [1.54, 1.807) is 6.07 Å². The van der Waals surface area contributed by atoms with E-state index in [4.69, 9.17) is 0 Å². The number of fused-ring (bicyclic) bond motifs is 1. The lowest BCUT2D eigenvalue weighted by molar-refractivity contribution is 0.505. The maximum Gasteiger partial charge on any atom is 0.127 e. The van der Waals surface area contributed by atoms with E-state index in [9.17, 15) is 4.39 Å². The van der Waals surface area contributed by atoms with Crippen LogP contribution in [-0.4, -0.2) is 6.54 Å². The van der Waals surface area contributed by atoms with Crippen molar-refractivity contribution in [3.8, 4) is 0 Å². The second-order valence-corrected chi connectivity index (χ2v) is 5.24. The standard InChI is InChI=1S/C13H18FN/c1-13(2,3)12-10-6-7-15-8-9(10)4-5-11(12)14/h4-5,15H,6-8H2,1-3H3. The third-order valence-electron chi connectivity index (χ3n) is 2.98. The molecule has 1 N–H and O–H groups in total. The molecule has 1 nitrogen and oxygen atoms in total. The van der Waals surface area contributed by atoms with Gasteiger partial charge in [0.15, 0.2) is 0 Å². The van der Waals surface area contributed by atoms with Crippen molar-refractivity contribution in [1.82, 2.24) is 5.32 Å². The lowest BCUT2D eigenvalue weighted by Gasteiger charge is -2.28. The SMILES string of the molecule is CC(C)(C)c1c(F)ccc2c1CCNC2. The van der Waals surface area contributed by atoms with Gasteiger partial charge in [0.25, 0.3) is 0 Å². The van der Waals surface area contributed by atoms with Crippen molar-refractivity contribution in [2.45, 2.75) is 39.2 Å². The van der Waals surface area contributed by atoms with Gasteiger partial charge in [-0.1, -0.05) is 26.8 Å². The first kappa shape index (κ1) is 10.6. The van der Waals surface area contributed by atoms with E-state index in [1.807, 2.05) is 6.07 Å². The highest BCUT2D eigenvalue weighted by Crippen LogP contribution is 2.32. The molecule has 0 bridgehead atoms. The number of halogens is 1. The number of hydrogen-bond acceptors (Lipinski definition) is 1. The van der Waals surface area contributed by atoms with Crippen molar-refractivity contribution in [2.24, 2.45) is 0 Å². The minimum Gasteiger partial charge on any atom is -0.312 e. The molecule has 0 amide bonds. The van der Waals surface area contributed by atoms with E-state index in [0.29, 0.717) is 0 Å². The van der Waals surface area contributed by atoms with Crippen molar-refractivity contribution >= 4 is 0 Å². The van der Waals surface area contributed by atoms with E-state index in [1.165, 1.54) is 11.1 Å². The molecule has 0 saturated carbocycles. The minimum atomic E-state index is -0.104. The van der Waals surface area contributed by atoms with Gasteiger partial charge in [-0.2, -0.15) is 0 Å². The fourth-order valence-electron chi connectivity index (χ4n) is 2.36. The Bertz CT molecular complexity index is 377. The van der Waals surface area contributed by atoms with Crippen LogP contribution in [-0.2, 0) is 18.4 Å². The zero-order valence-corrected chi connectivity index (χ0v) is 9.65. The van der Waals surface area contributed by atoms with E-state index in [0.717, 1.165) is 25.1 Å². The summed E-state index contributed by atoms with van der Waals surface area (Å²) in [5, 5.41) is 3.32. The lowest BCUT2D eigenvalue weighted by Crippen LogP contribution is -2.28. The molecule has 0 fully saturated rings. The normalized spacial score (nSPS) is 16.3. The highest BCUT2D eigenvalue weighted by Gasteiger charge is 2.25. The van der Waals surface area contributed by atoms with Crippen LogP contribution in [0.15, 0.2) is 12.1 Å². The monoisotopic (exact) mass is 207 g/mol. The molecule has 2 rings (SSSR count). The smallest absolute Gasteiger partial charge is 0.127 e. The van der Waals surface area contributed by atoms with E-state index in [-0.39, 0.29) is 11.2 Å². The summed E-state index contributed by atoms with van der Waals surface area (Å²) in [5.41, 5.74) is 3.28. The number of benzene rings is 1. The van der Waals surface area contributed by atoms with Crippen LogP contribution in [0.3, 0.4) is 0 Å². The van der Waals surface area contributed by atoms with Gasteiger partial charge < -0.3 is 5.32 Å². The fourth-order valence-corrected chi connectivity index (χ4v) is 2.36. The van der Waals surface area contributed by atoms with Gasteiger partial charge in [-0.05, 0) is 41.1 Å². The van der Waals surface area contributed by atoms with Crippen LogP contribution in [0, 0.1) is 5.82 Å². The molecule has 0 radical (unpaired) electrons. The molecule has 0 spiro atoms. The van der Waals surface area contributed by atoms with Gasteiger partial charge in [0.1, 0.15) is 5.82 Å². The Morgan fingerprint density at radius 3 is 2.67 bits per heavy atom. The predicted molar refractivity (Wildman–Crippen MR) is 60.5 cm³/mol. The highest BCUT2D eigenvalue weighted by molar-refractivity contribution is 5.41. The quantitative estimate of drug-likeness (QED) is 0.689. The third-order valence-corrected chi connectivity index (χ3v) is 2.98. The Hall–Kier alpha value is -0.890. The Morgan fingerprint density at radius 1 is 1.27 bits per heavy atom. The predicted octanol–water partition coefficient (Wildman–Crippen LogP) is 2.77. The molecule has 0 atom stereocenters. The molecule has 1 aliphatic rings. The topological polar surface area (TPSA) is 12.0 Å². The summed E-state index contributed by atoms with van der Waals surface area (Å²) >= 11 is 0. The zero-order valence-electron chi connectivity index (χ0n) is 9.65. The fraction of sp³-hybridized carbons (Fsp3) is 0.538. The van der Waals surface area contributed by atoms with Gasteiger partial charge in [0.05, 0.1) is 0 Å². The molecule has 1 aromatic rings. The van der Waals surface area contributed by atoms with Crippen molar-refractivity contribution in [3.05, 3.63) is 34.6 Å². The van der Waals surface area contributed by atoms with Crippen LogP contribution in [0.25, 0.3) is 0 Å². The summed E-state index contributed by atoms with van der Waals surface area (Å²) in [6, 6.07) is 3.51. The zero-order chi connectivity index (χ0) is 11.1. The maximum absolute atomic E-state index is 13.9. The Labute approximate surface area is 90.7 Å². The molecule has 0 unspecified atom stereocenters. The molecule has 1 heterocycles. The summed E-state index contributed by atoms with van der Waals surface area (Å²) in [6.45, 7) is 8.06. The first-order valence-corrected chi connectivity index (χ1v) is 5.51. The van der Waals surface area contributed by atoms with E-state index in [2.05, 4.69) is 26.1 Å². The largest absolute Gasteiger partial charge is 0.312 e. The first-order chi connectivity index (χ1) is 7.00. The van der Waals surface area contributed by atoms with Gasteiger partial charge in [-0.3, -0.25) is 0 Å². The number of nitrogens with one attached hydrogen (secondary N) is 1. The van der Waals surface area contributed by atoms with Crippen molar-refractivity contribution < 1.29 is 4.39 Å². The van der Waals surface area contributed by atoms with Gasteiger partial charge in [0.2, 0.25) is 0 Å². The number of hydrogen-bond donors (Lipinski definition) is 1. The highest BCUT2D eigenvalue weighted by atomic mass is 19.1. The van der Waals surface area contributed by atoms with Crippen LogP contribution in [0.2, 0.25) is 0 Å². The molecule has 0 saturated heterocycles. The molecule has 0 aliphatic carbocycles. The molecule has 1 aliphatic heterocycles. The van der Waals surface area contributed by atoms with E-state index < -0.39 is 0 Å². The Balaban J connectivity index is 2.60. The summed E-state index contributed by atoms with van der Waals surface area (Å²) in [7, 11) is 0. The first-order valence-electron chi connectivity index (χ1n) is 5.51. The van der Waals surface area contributed by atoms with Gasteiger partial charge in [-0.15, -0.1) is 0 Å². The molecule has 1 aromatic carbocycles. The maximum atomic E-state index is 13.9. The van der Waals surface area contributed by atoms with Crippen molar-refractivity contribution in [1.29, 1.82) is 0 Å². The summed E-state index contributed by atoms with van der Waals surface area (Å²) in [4.78, 5) is 0. The third kappa shape index (κ3) is 1.91. The van der Waals surface area contributed by atoms with Gasteiger partial charge in [-0.25, -0.2) is 4.39 Å². The van der Waals surface area contributed by atoms with E-state index >= 15 is 0 Å². The molecule has 0 aromatic heterocycles. The molecular formula is C13H18FN. The van der Waals surface area contributed by atoms with Crippen molar-refractivity contribution in [3.63, 3.8) is 0 Å². The van der Waals surface area contributed by atoms with Crippen LogP contribution in [0.4, 0.5) is 4.39 Å². The second-order valence-electron chi connectivity index (χ2n) is 5.24. The Morgan fingerprint density at radius 2 is 2.00 bits per heavy atom. The van der Waals surface area contributed by atoms with Crippen LogP contribution < -0.4 is 5.32 Å².